The Labute approximate surface area is 136 Å². The number of rotatable bonds is 4. The van der Waals surface area contributed by atoms with E-state index in [4.69, 9.17) is 16.3 Å². The van der Waals surface area contributed by atoms with Crippen molar-refractivity contribution >= 4 is 23.3 Å². The molecule has 1 heterocycles. The first-order chi connectivity index (χ1) is 10.6. The van der Waals surface area contributed by atoms with Gasteiger partial charge in [-0.25, -0.2) is 4.79 Å². The third-order valence-corrected chi connectivity index (χ3v) is 4.56. The Bertz CT molecular complexity index is 548. The molecule has 2 fully saturated rings. The Balaban J connectivity index is 1.44. The second-order valence-electron chi connectivity index (χ2n) is 6.02. The maximum absolute atomic E-state index is 11.9. The van der Waals surface area contributed by atoms with Crippen molar-refractivity contribution in [2.24, 2.45) is 0 Å². The number of hydrogen-bond acceptors (Lipinski definition) is 3. The number of aryl methyl sites for hydroxylation is 1. The highest BCUT2D eigenvalue weighted by atomic mass is 35.5. The van der Waals surface area contributed by atoms with E-state index in [1.54, 1.807) is 6.07 Å². The fraction of sp³-hybridized carbons (Fsp3) is 0.562. The molecule has 1 saturated heterocycles. The quantitative estimate of drug-likeness (QED) is 0.895. The van der Waals surface area contributed by atoms with E-state index in [9.17, 15) is 4.79 Å². The number of nitrogens with one attached hydrogen (secondary N) is 2. The van der Waals surface area contributed by atoms with Crippen LogP contribution in [-0.2, 0) is 4.74 Å². The van der Waals surface area contributed by atoms with Crippen molar-refractivity contribution in [3.63, 3.8) is 0 Å². The van der Waals surface area contributed by atoms with Crippen LogP contribution in [0.2, 0.25) is 5.02 Å². The summed E-state index contributed by atoms with van der Waals surface area (Å²) in [5, 5.41) is 6.31. The minimum Gasteiger partial charge on any atom is -0.374 e. The van der Waals surface area contributed by atoms with Crippen molar-refractivity contribution in [1.82, 2.24) is 10.2 Å². The van der Waals surface area contributed by atoms with Gasteiger partial charge in [-0.1, -0.05) is 17.7 Å². The van der Waals surface area contributed by atoms with E-state index in [2.05, 4.69) is 15.5 Å². The lowest BCUT2D eigenvalue weighted by atomic mass is 10.2. The van der Waals surface area contributed by atoms with Crippen LogP contribution in [0, 0.1) is 6.92 Å². The highest BCUT2D eigenvalue weighted by Crippen LogP contribution is 2.28. The standard InChI is InChI=1S/C16H22ClN3O2/c1-11-2-3-12(8-15(11)17)19-16(21)18-9-14-10-20(6-7-22-14)13-4-5-13/h2-3,8,13-14H,4-7,9-10H2,1H3,(H2,18,19,21)/t14-/m1/s1. The third-order valence-electron chi connectivity index (χ3n) is 4.15. The molecule has 0 aromatic heterocycles. The summed E-state index contributed by atoms with van der Waals surface area (Å²) in [7, 11) is 0. The van der Waals surface area contributed by atoms with Gasteiger partial charge in [0.2, 0.25) is 0 Å². The van der Waals surface area contributed by atoms with Gasteiger partial charge in [-0.2, -0.15) is 0 Å². The largest absolute Gasteiger partial charge is 0.374 e. The summed E-state index contributed by atoms with van der Waals surface area (Å²) in [5.74, 6) is 0. The van der Waals surface area contributed by atoms with Crippen molar-refractivity contribution < 1.29 is 9.53 Å². The van der Waals surface area contributed by atoms with Crippen LogP contribution >= 0.6 is 11.6 Å². The van der Waals surface area contributed by atoms with Gasteiger partial charge in [0, 0.05) is 36.4 Å². The molecule has 0 unspecified atom stereocenters. The molecule has 2 amide bonds. The number of carbonyl (C=O) groups excluding carboxylic acids is 1. The van der Waals surface area contributed by atoms with Crippen LogP contribution in [0.4, 0.5) is 10.5 Å². The lowest BCUT2D eigenvalue weighted by Gasteiger charge is -2.33. The fourth-order valence-electron chi connectivity index (χ4n) is 2.69. The Morgan fingerprint density at radius 2 is 2.27 bits per heavy atom. The van der Waals surface area contributed by atoms with Gasteiger partial charge in [-0.05, 0) is 37.5 Å². The summed E-state index contributed by atoms with van der Waals surface area (Å²) in [6.45, 7) is 5.11. The lowest BCUT2D eigenvalue weighted by Crippen LogP contribution is -2.48. The highest BCUT2D eigenvalue weighted by Gasteiger charge is 2.32. The molecule has 3 rings (SSSR count). The van der Waals surface area contributed by atoms with E-state index in [0.29, 0.717) is 17.3 Å². The molecule has 1 aliphatic heterocycles. The summed E-state index contributed by atoms with van der Waals surface area (Å²) >= 11 is 6.05. The Morgan fingerprint density at radius 3 is 3.00 bits per heavy atom. The molecular formula is C16H22ClN3O2. The summed E-state index contributed by atoms with van der Waals surface area (Å²) < 4.78 is 5.72. The third kappa shape index (κ3) is 4.12. The smallest absolute Gasteiger partial charge is 0.319 e. The van der Waals surface area contributed by atoms with E-state index in [0.717, 1.165) is 31.3 Å². The van der Waals surface area contributed by atoms with Crippen LogP contribution in [-0.4, -0.2) is 49.3 Å². The Hall–Kier alpha value is -1.30. The zero-order valence-corrected chi connectivity index (χ0v) is 13.5. The molecule has 2 aliphatic rings. The number of hydrogen-bond donors (Lipinski definition) is 2. The molecule has 1 saturated carbocycles. The highest BCUT2D eigenvalue weighted by molar-refractivity contribution is 6.31. The van der Waals surface area contributed by atoms with E-state index >= 15 is 0 Å². The topological polar surface area (TPSA) is 53.6 Å². The van der Waals surface area contributed by atoms with Crippen molar-refractivity contribution in [3.05, 3.63) is 28.8 Å². The zero-order valence-electron chi connectivity index (χ0n) is 12.8. The molecule has 1 aromatic rings. The van der Waals surface area contributed by atoms with Crippen LogP contribution in [0.3, 0.4) is 0 Å². The lowest BCUT2D eigenvalue weighted by molar-refractivity contribution is -0.0286. The summed E-state index contributed by atoms with van der Waals surface area (Å²) in [4.78, 5) is 14.4. The van der Waals surface area contributed by atoms with Crippen molar-refractivity contribution in [1.29, 1.82) is 0 Å². The maximum Gasteiger partial charge on any atom is 0.319 e. The van der Waals surface area contributed by atoms with Gasteiger partial charge < -0.3 is 15.4 Å². The maximum atomic E-state index is 11.9. The van der Waals surface area contributed by atoms with Gasteiger partial charge in [0.05, 0.1) is 12.7 Å². The normalized spacial score (nSPS) is 22.4. The second kappa shape index (κ2) is 6.86. The summed E-state index contributed by atoms with van der Waals surface area (Å²) in [5.41, 5.74) is 1.68. The van der Waals surface area contributed by atoms with E-state index in [-0.39, 0.29) is 12.1 Å². The molecule has 0 spiro atoms. The number of halogens is 1. The zero-order chi connectivity index (χ0) is 15.5. The minimum absolute atomic E-state index is 0.0710. The average molecular weight is 324 g/mol. The van der Waals surface area contributed by atoms with E-state index < -0.39 is 0 Å². The van der Waals surface area contributed by atoms with Crippen LogP contribution in [0.5, 0.6) is 0 Å². The number of ether oxygens (including phenoxy) is 1. The van der Waals surface area contributed by atoms with Gasteiger partial charge in [0.15, 0.2) is 0 Å². The number of morpholine rings is 1. The molecule has 6 heteroatoms. The van der Waals surface area contributed by atoms with Gasteiger partial charge >= 0.3 is 6.03 Å². The van der Waals surface area contributed by atoms with Crippen molar-refractivity contribution in [2.45, 2.75) is 31.9 Å². The van der Waals surface area contributed by atoms with Crippen LogP contribution in [0.25, 0.3) is 0 Å². The van der Waals surface area contributed by atoms with Crippen molar-refractivity contribution in [2.75, 3.05) is 31.6 Å². The van der Waals surface area contributed by atoms with Gasteiger partial charge in [0.1, 0.15) is 0 Å². The average Bonchev–Trinajstić information content (AvgIpc) is 3.34. The monoisotopic (exact) mass is 323 g/mol. The molecular weight excluding hydrogens is 302 g/mol. The number of urea groups is 1. The molecule has 1 aliphatic carbocycles. The van der Waals surface area contributed by atoms with E-state index in [1.807, 2.05) is 19.1 Å². The first-order valence-corrected chi connectivity index (χ1v) is 8.16. The van der Waals surface area contributed by atoms with Crippen LogP contribution < -0.4 is 10.6 Å². The first kappa shape index (κ1) is 15.6. The number of nitrogens with zero attached hydrogens (tertiary/aromatic N) is 1. The van der Waals surface area contributed by atoms with Gasteiger partial charge in [0.25, 0.3) is 0 Å². The van der Waals surface area contributed by atoms with Gasteiger partial charge in [-0.3, -0.25) is 4.90 Å². The number of carbonyl (C=O) groups is 1. The SMILES string of the molecule is Cc1ccc(NC(=O)NC[C@@H]2CN(C3CC3)CCO2)cc1Cl. The minimum atomic E-state index is -0.230. The number of benzene rings is 1. The Kier molecular flexibility index (Phi) is 4.86. The van der Waals surface area contributed by atoms with Crippen molar-refractivity contribution in [3.8, 4) is 0 Å². The molecule has 0 bridgehead atoms. The Morgan fingerprint density at radius 1 is 1.45 bits per heavy atom. The first-order valence-electron chi connectivity index (χ1n) is 7.78. The molecule has 5 nitrogen and oxygen atoms in total. The molecule has 120 valence electrons. The fourth-order valence-corrected chi connectivity index (χ4v) is 2.87. The molecule has 2 N–H and O–H groups in total. The summed E-state index contributed by atoms with van der Waals surface area (Å²) in [6.07, 6.45) is 2.67. The number of amides is 2. The molecule has 0 radical (unpaired) electrons. The second-order valence-corrected chi connectivity index (χ2v) is 6.43. The van der Waals surface area contributed by atoms with Crippen LogP contribution in [0.1, 0.15) is 18.4 Å². The predicted molar refractivity (Wildman–Crippen MR) is 87.5 cm³/mol. The van der Waals surface area contributed by atoms with Gasteiger partial charge in [-0.15, -0.1) is 0 Å². The van der Waals surface area contributed by atoms with E-state index in [1.165, 1.54) is 12.8 Å². The van der Waals surface area contributed by atoms with Crippen LogP contribution in [0.15, 0.2) is 18.2 Å². The summed E-state index contributed by atoms with van der Waals surface area (Å²) in [6, 6.07) is 5.99. The number of anilines is 1. The predicted octanol–water partition coefficient (Wildman–Crippen LogP) is 2.63. The molecule has 1 aromatic carbocycles. The molecule has 22 heavy (non-hydrogen) atoms. The molecule has 1 atom stereocenters.